The summed E-state index contributed by atoms with van der Waals surface area (Å²) in [4.78, 5) is 25.5. The smallest absolute Gasteiger partial charge is 0.291 e. The van der Waals surface area contributed by atoms with Crippen LogP contribution in [0.1, 0.15) is 26.5 Å². The van der Waals surface area contributed by atoms with E-state index in [0.29, 0.717) is 22.0 Å². The monoisotopic (exact) mass is 400 g/mol. The van der Waals surface area contributed by atoms with Crippen molar-refractivity contribution in [2.75, 3.05) is 12.4 Å². The molecule has 0 saturated heterocycles. The molecule has 3 aromatic rings. The fraction of sp³-hybridized carbons (Fsp3) is 0.100. The Morgan fingerprint density at radius 1 is 1.07 bits per heavy atom. The lowest BCUT2D eigenvalue weighted by atomic mass is 10.2. The first-order valence-corrected chi connectivity index (χ1v) is 9.52. The summed E-state index contributed by atoms with van der Waals surface area (Å²) in [6.45, 7) is 0. The van der Waals surface area contributed by atoms with E-state index in [1.54, 1.807) is 30.0 Å². The molecule has 2 N–H and O–H groups in total. The van der Waals surface area contributed by atoms with Gasteiger partial charge in [0.2, 0.25) is 0 Å². The van der Waals surface area contributed by atoms with Gasteiger partial charge in [0.15, 0.2) is 5.76 Å². The second-order valence-corrected chi connectivity index (χ2v) is 7.06. The number of hydrogen-bond donors (Lipinski definition) is 2. The van der Waals surface area contributed by atoms with Crippen LogP contribution in [0.4, 0.5) is 5.69 Å². The highest BCUT2D eigenvalue weighted by Gasteiger charge is 2.18. The Bertz CT molecular complexity index is 957. The SMILES string of the molecule is CNC(=O)c1ccc(Cl)c(NC(=O)c2occc2CSc2ccccc2)c1. The highest BCUT2D eigenvalue weighted by Crippen LogP contribution is 2.27. The molecule has 27 heavy (non-hydrogen) atoms. The van der Waals surface area contributed by atoms with Gasteiger partial charge in [-0.1, -0.05) is 29.8 Å². The van der Waals surface area contributed by atoms with E-state index in [1.807, 2.05) is 30.3 Å². The average Bonchev–Trinajstić information content (AvgIpc) is 3.17. The molecule has 3 rings (SSSR count). The third-order valence-electron chi connectivity index (χ3n) is 3.79. The number of amides is 2. The van der Waals surface area contributed by atoms with E-state index < -0.39 is 5.91 Å². The van der Waals surface area contributed by atoms with E-state index in [9.17, 15) is 9.59 Å². The summed E-state index contributed by atoms with van der Waals surface area (Å²) < 4.78 is 5.38. The zero-order valence-electron chi connectivity index (χ0n) is 14.5. The molecule has 0 radical (unpaired) electrons. The fourth-order valence-corrected chi connectivity index (χ4v) is 3.48. The Balaban J connectivity index is 1.74. The molecular formula is C20H17ClN2O3S. The topological polar surface area (TPSA) is 71.3 Å². The molecule has 138 valence electrons. The molecule has 7 heteroatoms. The molecule has 5 nitrogen and oxygen atoms in total. The third kappa shape index (κ3) is 4.72. The molecule has 1 aromatic heterocycles. The Kier molecular flexibility index (Phi) is 6.21. The van der Waals surface area contributed by atoms with Gasteiger partial charge >= 0.3 is 0 Å². The number of benzene rings is 2. The minimum absolute atomic E-state index is 0.222. The lowest BCUT2D eigenvalue weighted by Gasteiger charge is -2.09. The maximum Gasteiger partial charge on any atom is 0.291 e. The molecule has 0 aliphatic heterocycles. The van der Waals surface area contributed by atoms with Crippen LogP contribution >= 0.6 is 23.4 Å². The molecule has 0 fully saturated rings. The summed E-state index contributed by atoms with van der Waals surface area (Å²) in [5.41, 5.74) is 1.53. The first kappa shape index (κ1) is 19.1. The van der Waals surface area contributed by atoms with Crippen molar-refractivity contribution in [3.63, 3.8) is 0 Å². The Hall–Kier alpha value is -2.70. The van der Waals surface area contributed by atoms with Gasteiger partial charge in [0.25, 0.3) is 11.8 Å². The van der Waals surface area contributed by atoms with Gasteiger partial charge in [-0.15, -0.1) is 11.8 Å². The minimum Gasteiger partial charge on any atom is -0.459 e. The Labute approximate surface area is 166 Å². The first-order valence-electron chi connectivity index (χ1n) is 8.15. The highest BCUT2D eigenvalue weighted by atomic mass is 35.5. The van der Waals surface area contributed by atoms with Gasteiger partial charge in [0, 0.05) is 28.8 Å². The van der Waals surface area contributed by atoms with Crippen LogP contribution < -0.4 is 10.6 Å². The Morgan fingerprint density at radius 2 is 1.85 bits per heavy atom. The standard InChI is InChI=1S/C20H17ClN2O3S/c1-22-19(24)13-7-8-16(21)17(11-13)23-20(25)18-14(9-10-26-18)12-27-15-5-3-2-4-6-15/h2-11H,12H2,1H3,(H,22,24)(H,23,25). The van der Waals surface area contributed by atoms with Gasteiger partial charge in [-0.05, 0) is 36.4 Å². The van der Waals surface area contributed by atoms with Gasteiger partial charge in [0.05, 0.1) is 17.0 Å². The number of hydrogen-bond acceptors (Lipinski definition) is 4. The summed E-state index contributed by atoms with van der Waals surface area (Å²) in [5.74, 6) is 0.134. The summed E-state index contributed by atoms with van der Waals surface area (Å²) in [6, 6.07) is 16.4. The quantitative estimate of drug-likeness (QED) is 0.581. The second-order valence-electron chi connectivity index (χ2n) is 5.60. The van der Waals surface area contributed by atoms with Crippen LogP contribution in [0.2, 0.25) is 5.02 Å². The van der Waals surface area contributed by atoms with Crippen molar-refractivity contribution in [3.8, 4) is 0 Å². The van der Waals surface area contributed by atoms with Crippen LogP contribution in [0.5, 0.6) is 0 Å². The number of rotatable bonds is 6. The maximum atomic E-state index is 12.6. The molecule has 0 aliphatic rings. The number of furan rings is 1. The largest absolute Gasteiger partial charge is 0.459 e. The predicted molar refractivity (Wildman–Crippen MR) is 108 cm³/mol. The molecule has 1 heterocycles. The lowest BCUT2D eigenvalue weighted by Crippen LogP contribution is -2.18. The van der Waals surface area contributed by atoms with Crippen molar-refractivity contribution in [1.82, 2.24) is 5.32 Å². The minimum atomic E-state index is -0.417. The summed E-state index contributed by atoms with van der Waals surface area (Å²) >= 11 is 7.76. The van der Waals surface area contributed by atoms with Crippen molar-refractivity contribution in [2.24, 2.45) is 0 Å². The van der Waals surface area contributed by atoms with Crippen molar-refractivity contribution < 1.29 is 14.0 Å². The van der Waals surface area contributed by atoms with E-state index in [2.05, 4.69) is 10.6 Å². The number of carbonyl (C=O) groups excluding carboxylic acids is 2. The number of nitrogens with one attached hydrogen (secondary N) is 2. The van der Waals surface area contributed by atoms with E-state index >= 15 is 0 Å². The van der Waals surface area contributed by atoms with Gasteiger partial charge in [0.1, 0.15) is 0 Å². The van der Waals surface area contributed by atoms with E-state index in [-0.39, 0.29) is 11.7 Å². The maximum absolute atomic E-state index is 12.6. The fourth-order valence-electron chi connectivity index (χ4n) is 2.41. The third-order valence-corrected chi connectivity index (χ3v) is 5.18. The van der Waals surface area contributed by atoms with Crippen LogP contribution in [0.3, 0.4) is 0 Å². The van der Waals surface area contributed by atoms with Crippen molar-refractivity contribution in [3.05, 3.63) is 82.8 Å². The van der Waals surface area contributed by atoms with Crippen LogP contribution in [0.25, 0.3) is 0 Å². The lowest BCUT2D eigenvalue weighted by molar-refractivity contribution is 0.0960. The zero-order valence-corrected chi connectivity index (χ0v) is 16.1. The molecule has 2 aromatic carbocycles. The molecule has 2 amide bonds. The number of carbonyl (C=O) groups is 2. The zero-order chi connectivity index (χ0) is 19.2. The molecule has 0 unspecified atom stereocenters. The molecule has 0 saturated carbocycles. The summed E-state index contributed by atoms with van der Waals surface area (Å²) in [5, 5.41) is 5.59. The summed E-state index contributed by atoms with van der Waals surface area (Å²) in [7, 11) is 1.54. The van der Waals surface area contributed by atoms with Crippen molar-refractivity contribution >= 4 is 40.9 Å². The van der Waals surface area contributed by atoms with E-state index in [4.69, 9.17) is 16.0 Å². The van der Waals surface area contributed by atoms with Gasteiger partial charge in [-0.3, -0.25) is 9.59 Å². The number of thioether (sulfide) groups is 1. The van der Waals surface area contributed by atoms with Crippen molar-refractivity contribution in [1.29, 1.82) is 0 Å². The van der Waals surface area contributed by atoms with Gasteiger partial charge in [-0.25, -0.2) is 0 Å². The summed E-state index contributed by atoms with van der Waals surface area (Å²) in [6.07, 6.45) is 1.48. The van der Waals surface area contributed by atoms with E-state index in [0.717, 1.165) is 10.5 Å². The van der Waals surface area contributed by atoms with Gasteiger partial charge in [-0.2, -0.15) is 0 Å². The van der Waals surface area contributed by atoms with Gasteiger partial charge < -0.3 is 15.1 Å². The van der Waals surface area contributed by atoms with Crippen LogP contribution in [-0.4, -0.2) is 18.9 Å². The molecule has 0 aliphatic carbocycles. The highest BCUT2D eigenvalue weighted by molar-refractivity contribution is 7.98. The van der Waals surface area contributed by atoms with Crippen LogP contribution in [0.15, 0.2) is 70.2 Å². The second kappa shape index (κ2) is 8.79. The molecule has 0 atom stereocenters. The number of anilines is 1. The molecular weight excluding hydrogens is 384 g/mol. The van der Waals surface area contributed by atoms with E-state index in [1.165, 1.54) is 19.4 Å². The van der Waals surface area contributed by atoms with Crippen LogP contribution in [-0.2, 0) is 5.75 Å². The number of halogens is 1. The predicted octanol–water partition coefficient (Wildman–Crippen LogP) is 4.84. The Morgan fingerprint density at radius 3 is 2.59 bits per heavy atom. The average molecular weight is 401 g/mol. The molecule has 0 bridgehead atoms. The van der Waals surface area contributed by atoms with Crippen LogP contribution in [0, 0.1) is 0 Å². The normalized spacial score (nSPS) is 10.4. The first-order chi connectivity index (χ1) is 13.1. The van der Waals surface area contributed by atoms with Crippen molar-refractivity contribution in [2.45, 2.75) is 10.6 Å². The molecule has 0 spiro atoms.